The monoisotopic (exact) mass is 349 g/mol. The predicted octanol–water partition coefficient (Wildman–Crippen LogP) is 2.02. The van der Waals surface area contributed by atoms with Crippen molar-refractivity contribution < 1.29 is 14.0 Å². The van der Waals surface area contributed by atoms with Crippen LogP contribution in [0.5, 0.6) is 0 Å². The van der Waals surface area contributed by atoms with E-state index in [1.807, 2.05) is 4.90 Å². The number of benzene rings is 1. The molecule has 138 valence electrons. The van der Waals surface area contributed by atoms with Gasteiger partial charge in [0, 0.05) is 52.1 Å². The predicted molar refractivity (Wildman–Crippen MR) is 95.3 cm³/mol. The van der Waals surface area contributed by atoms with Gasteiger partial charge in [0.2, 0.25) is 11.8 Å². The van der Waals surface area contributed by atoms with Gasteiger partial charge in [-0.25, -0.2) is 4.39 Å². The van der Waals surface area contributed by atoms with E-state index in [9.17, 15) is 14.0 Å². The molecule has 5 nitrogen and oxygen atoms in total. The van der Waals surface area contributed by atoms with Crippen molar-refractivity contribution in [2.75, 3.05) is 26.7 Å². The molecular formula is C19H28FN3O2. The molecule has 2 amide bonds. The fourth-order valence-corrected chi connectivity index (χ4v) is 3.19. The van der Waals surface area contributed by atoms with Gasteiger partial charge in [-0.2, -0.15) is 0 Å². The normalized spacial score (nSPS) is 19.2. The molecule has 1 saturated heterocycles. The van der Waals surface area contributed by atoms with E-state index >= 15 is 0 Å². The van der Waals surface area contributed by atoms with Crippen LogP contribution in [0.2, 0.25) is 0 Å². The van der Waals surface area contributed by atoms with E-state index in [1.165, 1.54) is 12.1 Å². The van der Waals surface area contributed by atoms with Crippen molar-refractivity contribution >= 4 is 11.8 Å². The summed E-state index contributed by atoms with van der Waals surface area (Å²) in [6.07, 6.45) is 0.881. The minimum absolute atomic E-state index is 0.0137. The SMILES string of the molecule is CNC(=O)CCN1CCC(=O)N(Cc2ccc(F)cc2)[C@@H](C(C)C)C1. The Bertz CT molecular complexity index is 589. The van der Waals surface area contributed by atoms with Crippen molar-refractivity contribution in [3.05, 3.63) is 35.6 Å². The van der Waals surface area contributed by atoms with E-state index in [-0.39, 0.29) is 23.7 Å². The third kappa shape index (κ3) is 5.53. The summed E-state index contributed by atoms with van der Waals surface area (Å²) in [6.45, 7) is 6.78. The highest BCUT2D eigenvalue weighted by Gasteiger charge is 2.31. The van der Waals surface area contributed by atoms with Gasteiger partial charge in [0.1, 0.15) is 5.82 Å². The van der Waals surface area contributed by atoms with Crippen molar-refractivity contribution in [1.29, 1.82) is 0 Å². The van der Waals surface area contributed by atoms with Gasteiger partial charge < -0.3 is 15.1 Å². The van der Waals surface area contributed by atoms with Crippen LogP contribution in [0.15, 0.2) is 24.3 Å². The fourth-order valence-electron chi connectivity index (χ4n) is 3.19. The van der Waals surface area contributed by atoms with Gasteiger partial charge >= 0.3 is 0 Å². The summed E-state index contributed by atoms with van der Waals surface area (Å²) in [4.78, 5) is 28.3. The van der Waals surface area contributed by atoms with Gasteiger partial charge in [0.05, 0.1) is 0 Å². The summed E-state index contributed by atoms with van der Waals surface area (Å²) in [5.41, 5.74) is 0.930. The maximum absolute atomic E-state index is 13.1. The topological polar surface area (TPSA) is 52.7 Å². The first-order chi connectivity index (χ1) is 11.9. The zero-order valence-electron chi connectivity index (χ0n) is 15.3. The van der Waals surface area contributed by atoms with Crippen LogP contribution in [0.3, 0.4) is 0 Å². The molecule has 0 saturated carbocycles. The maximum Gasteiger partial charge on any atom is 0.224 e. The lowest BCUT2D eigenvalue weighted by Crippen LogP contribution is -2.46. The number of hydrogen-bond donors (Lipinski definition) is 1. The smallest absolute Gasteiger partial charge is 0.224 e. The van der Waals surface area contributed by atoms with E-state index in [0.717, 1.165) is 12.1 Å². The molecule has 1 N–H and O–H groups in total. The molecule has 0 aliphatic carbocycles. The number of nitrogens with one attached hydrogen (secondary N) is 1. The van der Waals surface area contributed by atoms with E-state index in [2.05, 4.69) is 24.1 Å². The second-order valence-electron chi connectivity index (χ2n) is 6.93. The quantitative estimate of drug-likeness (QED) is 0.855. The molecule has 1 atom stereocenters. The first kappa shape index (κ1) is 19.4. The summed E-state index contributed by atoms with van der Waals surface area (Å²) >= 11 is 0. The molecule has 1 aromatic rings. The summed E-state index contributed by atoms with van der Waals surface area (Å²) in [6, 6.07) is 6.39. The lowest BCUT2D eigenvalue weighted by atomic mass is 10.0. The zero-order chi connectivity index (χ0) is 18.4. The van der Waals surface area contributed by atoms with Crippen molar-refractivity contribution in [2.45, 2.75) is 39.3 Å². The average molecular weight is 349 g/mol. The molecule has 0 bridgehead atoms. The minimum Gasteiger partial charge on any atom is -0.359 e. The summed E-state index contributed by atoms with van der Waals surface area (Å²) < 4.78 is 13.1. The van der Waals surface area contributed by atoms with Gasteiger partial charge in [-0.3, -0.25) is 9.59 Å². The second-order valence-corrected chi connectivity index (χ2v) is 6.93. The molecule has 1 heterocycles. The van der Waals surface area contributed by atoms with E-state index < -0.39 is 0 Å². The molecular weight excluding hydrogens is 321 g/mol. The highest BCUT2D eigenvalue weighted by Crippen LogP contribution is 2.21. The number of carbonyl (C=O) groups is 2. The molecule has 0 radical (unpaired) electrons. The Morgan fingerprint density at radius 1 is 1.32 bits per heavy atom. The number of amides is 2. The standard InChI is InChI=1S/C19H28FN3O2/c1-14(2)17-13-22(10-8-18(24)21-3)11-9-19(25)23(17)12-15-4-6-16(20)7-5-15/h4-7,14,17H,8-13H2,1-3H3,(H,21,24)/t17-/m1/s1. The minimum atomic E-state index is -0.272. The first-order valence-corrected chi connectivity index (χ1v) is 8.87. The third-order valence-corrected chi connectivity index (χ3v) is 4.78. The lowest BCUT2D eigenvalue weighted by Gasteiger charge is -2.35. The molecule has 6 heteroatoms. The Hall–Kier alpha value is -1.95. The van der Waals surface area contributed by atoms with Crippen LogP contribution < -0.4 is 5.32 Å². The summed E-state index contributed by atoms with van der Waals surface area (Å²) in [5.74, 6) is 0.155. The molecule has 0 spiro atoms. The second kappa shape index (κ2) is 8.94. The molecule has 1 aliphatic rings. The number of hydrogen-bond acceptors (Lipinski definition) is 3. The van der Waals surface area contributed by atoms with Crippen LogP contribution in [-0.4, -0.2) is 54.3 Å². The zero-order valence-corrected chi connectivity index (χ0v) is 15.3. The van der Waals surface area contributed by atoms with Gasteiger partial charge in [-0.05, 0) is 23.6 Å². The van der Waals surface area contributed by atoms with Crippen LogP contribution in [0.1, 0.15) is 32.3 Å². The van der Waals surface area contributed by atoms with Gasteiger partial charge in [0.15, 0.2) is 0 Å². The molecule has 2 rings (SSSR count). The Kier molecular flexibility index (Phi) is 6.93. The largest absolute Gasteiger partial charge is 0.359 e. The third-order valence-electron chi connectivity index (χ3n) is 4.78. The van der Waals surface area contributed by atoms with Crippen LogP contribution in [0.25, 0.3) is 0 Å². The highest BCUT2D eigenvalue weighted by molar-refractivity contribution is 5.77. The van der Waals surface area contributed by atoms with Crippen molar-refractivity contribution in [1.82, 2.24) is 15.1 Å². The summed E-state index contributed by atoms with van der Waals surface area (Å²) in [5, 5.41) is 2.64. The number of nitrogens with zero attached hydrogens (tertiary/aromatic N) is 2. The van der Waals surface area contributed by atoms with Crippen molar-refractivity contribution in [3.8, 4) is 0 Å². The van der Waals surface area contributed by atoms with Gasteiger partial charge in [-0.1, -0.05) is 26.0 Å². The Labute approximate surface area is 149 Å². The number of rotatable bonds is 6. The molecule has 1 aliphatic heterocycles. The van der Waals surface area contributed by atoms with E-state index in [1.54, 1.807) is 19.2 Å². The van der Waals surface area contributed by atoms with E-state index in [0.29, 0.717) is 38.4 Å². The Morgan fingerprint density at radius 2 is 2.00 bits per heavy atom. The van der Waals surface area contributed by atoms with Gasteiger partial charge in [0.25, 0.3) is 0 Å². The molecule has 25 heavy (non-hydrogen) atoms. The van der Waals surface area contributed by atoms with Crippen molar-refractivity contribution in [3.63, 3.8) is 0 Å². The maximum atomic E-state index is 13.1. The van der Waals surface area contributed by atoms with Crippen molar-refractivity contribution in [2.24, 2.45) is 5.92 Å². The van der Waals surface area contributed by atoms with Crippen LogP contribution >= 0.6 is 0 Å². The Balaban J connectivity index is 2.10. The van der Waals surface area contributed by atoms with Crippen LogP contribution in [0, 0.1) is 11.7 Å². The van der Waals surface area contributed by atoms with Gasteiger partial charge in [-0.15, -0.1) is 0 Å². The Morgan fingerprint density at radius 3 is 2.60 bits per heavy atom. The fraction of sp³-hybridized carbons (Fsp3) is 0.579. The number of halogens is 1. The summed E-state index contributed by atoms with van der Waals surface area (Å²) in [7, 11) is 1.63. The molecule has 0 aromatic heterocycles. The molecule has 0 unspecified atom stereocenters. The average Bonchev–Trinajstić information content (AvgIpc) is 2.75. The highest BCUT2D eigenvalue weighted by atomic mass is 19.1. The van der Waals surface area contributed by atoms with Crippen LogP contribution in [-0.2, 0) is 16.1 Å². The number of carbonyl (C=O) groups excluding carboxylic acids is 2. The molecule has 1 fully saturated rings. The molecule has 1 aromatic carbocycles. The first-order valence-electron chi connectivity index (χ1n) is 8.87. The lowest BCUT2D eigenvalue weighted by molar-refractivity contribution is -0.134. The van der Waals surface area contributed by atoms with Crippen LogP contribution in [0.4, 0.5) is 4.39 Å². The van der Waals surface area contributed by atoms with E-state index in [4.69, 9.17) is 0 Å².